The summed E-state index contributed by atoms with van der Waals surface area (Å²) >= 11 is 0. The highest BCUT2D eigenvalue weighted by Gasteiger charge is 2.23. The first-order valence-corrected chi connectivity index (χ1v) is 15.7. The van der Waals surface area contributed by atoms with E-state index in [1.807, 2.05) is 4.72 Å². The van der Waals surface area contributed by atoms with Gasteiger partial charge in [0, 0.05) is 32.2 Å². The molecule has 2 atom stereocenters. The first-order valence-electron chi connectivity index (χ1n) is 14.0. The van der Waals surface area contributed by atoms with Gasteiger partial charge in [-0.1, -0.05) is 6.92 Å². The minimum absolute atomic E-state index is 0.00504. The zero-order valence-corrected chi connectivity index (χ0v) is 25.6. The molecule has 254 valence electrons. The minimum atomic E-state index is -3.89. The number of aromatic amines is 1. The van der Waals surface area contributed by atoms with Gasteiger partial charge in [-0.05, 0) is 36.1 Å². The molecule has 1 aromatic rings. The quantitative estimate of drug-likeness (QED) is 0.0520. The van der Waals surface area contributed by atoms with Crippen molar-refractivity contribution < 1.29 is 56.9 Å². The Morgan fingerprint density at radius 3 is 2.16 bits per heavy atom. The fourth-order valence-corrected chi connectivity index (χ4v) is 4.58. The molecule has 0 fully saturated rings. The van der Waals surface area contributed by atoms with Crippen LogP contribution in [0.2, 0.25) is 0 Å². The molecular weight excluding hydrogens is 624 g/mol. The first-order chi connectivity index (χ1) is 21.3. The van der Waals surface area contributed by atoms with Crippen LogP contribution < -0.4 is 20.7 Å². The number of aliphatic carboxylic acids is 2. The number of rotatable bonds is 25. The number of amides is 4. The molecule has 0 bridgehead atoms. The Morgan fingerprint density at radius 1 is 0.844 bits per heavy atom. The molecule has 0 radical (unpaired) electrons. The summed E-state index contributed by atoms with van der Waals surface area (Å²) in [5.41, 5.74) is 0. The third-order valence-electron chi connectivity index (χ3n) is 5.80. The van der Waals surface area contributed by atoms with E-state index in [1.165, 1.54) is 0 Å². The van der Waals surface area contributed by atoms with Crippen LogP contribution in [-0.4, -0.2) is 126 Å². The van der Waals surface area contributed by atoms with Crippen molar-refractivity contribution in [1.82, 2.24) is 41.3 Å². The molecule has 1 aromatic heterocycles. The number of carbonyl (C=O) groups is 6. The highest BCUT2D eigenvalue weighted by Crippen LogP contribution is 2.02. The van der Waals surface area contributed by atoms with Crippen LogP contribution in [0.1, 0.15) is 57.7 Å². The predicted octanol–water partition coefficient (Wildman–Crippen LogP) is -2.77. The smallest absolute Gasteiger partial charge is 0.326 e. The topological polar surface area (TPSA) is 298 Å². The summed E-state index contributed by atoms with van der Waals surface area (Å²) < 4.78 is 36.4. The van der Waals surface area contributed by atoms with E-state index >= 15 is 0 Å². The maximum absolute atomic E-state index is 12.0. The van der Waals surface area contributed by atoms with Crippen molar-refractivity contribution in [3.63, 3.8) is 0 Å². The molecule has 7 N–H and O–H groups in total. The lowest BCUT2D eigenvalue weighted by molar-refractivity contribution is -0.144. The fraction of sp³-hybridized carbons (Fsp3) is 0.708. The number of hydrogen-bond acceptors (Lipinski definition) is 13. The number of nitrogens with zero attached hydrogens (tertiary/aromatic N) is 3. The highest BCUT2D eigenvalue weighted by atomic mass is 32.2. The number of carbonyl (C=O) groups excluding carboxylic acids is 4. The van der Waals surface area contributed by atoms with Crippen molar-refractivity contribution in [1.29, 1.82) is 0 Å². The summed E-state index contributed by atoms with van der Waals surface area (Å²) in [6, 6.07) is -2.47. The highest BCUT2D eigenvalue weighted by molar-refractivity contribution is 7.90. The summed E-state index contributed by atoms with van der Waals surface area (Å²) in [5, 5.41) is 38.2. The van der Waals surface area contributed by atoms with E-state index in [2.05, 4.69) is 36.6 Å². The SMILES string of the molecule is CCC(NC(=O)CC[C@H](NC(=O)COCCOCCNC(=O)CCCS(=O)(=O)NC(=O)CCCc1nnn[nH]1)C(=O)O)C(=O)O. The molecule has 0 aromatic carbocycles. The standard InChI is InChI=1S/C24H40N8O12S/c1-2-16(23(37)38)26-20(34)9-8-17(24(39)40)27-22(36)15-44-13-12-43-11-10-25-19(33)7-4-14-45(41,42)30-21(35)6-3-5-18-28-31-32-29-18/h16-17H,2-15H2,1H3,(H,25,33)(H,26,34)(H,27,36)(H,30,35)(H,37,38)(H,39,40)(H,28,29,31,32)/t16?,17-/m0/s1. The number of nitrogens with one attached hydrogen (secondary N) is 5. The van der Waals surface area contributed by atoms with Gasteiger partial charge in [0.25, 0.3) is 0 Å². The largest absolute Gasteiger partial charge is 0.480 e. The van der Waals surface area contributed by atoms with Crippen LogP contribution in [0, 0.1) is 0 Å². The molecule has 45 heavy (non-hydrogen) atoms. The van der Waals surface area contributed by atoms with E-state index in [9.17, 15) is 42.3 Å². The van der Waals surface area contributed by atoms with Crippen LogP contribution in [0.5, 0.6) is 0 Å². The molecule has 21 heteroatoms. The number of aryl methyl sites for hydroxylation is 1. The van der Waals surface area contributed by atoms with Crippen LogP contribution in [0.3, 0.4) is 0 Å². The second kappa shape index (κ2) is 21.5. The Bertz CT molecular complexity index is 1210. The lowest BCUT2D eigenvalue weighted by Gasteiger charge is -2.16. The number of ether oxygens (including phenoxy) is 2. The van der Waals surface area contributed by atoms with E-state index in [1.54, 1.807) is 6.92 Å². The number of aromatic nitrogens is 4. The van der Waals surface area contributed by atoms with Gasteiger partial charge in [0.1, 0.15) is 24.5 Å². The molecule has 0 aliphatic carbocycles. The van der Waals surface area contributed by atoms with Crippen molar-refractivity contribution in [2.75, 3.05) is 38.7 Å². The zero-order valence-electron chi connectivity index (χ0n) is 24.8. The Labute approximate surface area is 258 Å². The molecule has 20 nitrogen and oxygen atoms in total. The third-order valence-corrected chi connectivity index (χ3v) is 7.17. The van der Waals surface area contributed by atoms with Crippen LogP contribution in [0.25, 0.3) is 0 Å². The van der Waals surface area contributed by atoms with Crippen LogP contribution in [-0.2, 0) is 54.7 Å². The van der Waals surface area contributed by atoms with Crippen LogP contribution >= 0.6 is 0 Å². The van der Waals surface area contributed by atoms with E-state index < -0.39 is 70.0 Å². The Morgan fingerprint density at radius 2 is 1.51 bits per heavy atom. The molecule has 0 saturated carbocycles. The summed E-state index contributed by atoms with van der Waals surface area (Å²) in [7, 11) is -3.89. The monoisotopic (exact) mass is 664 g/mol. The van der Waals surface area contributed by atoms with Gasteiger partial charge >= 0.3 is 11.9 Å². The van der Waals surface area contributed by atoms with Gasteiger partial charge in [0.15, 0.2) is 0 Å². The van der Waals surface area contributed by atoms with Crippen molar-refractivity contribution in [3.05, 3.63) is 5.82 Å². The molecule has 1 rings (SSSR count). The summed E-state index contributed by atoms with van der Waals surface area (Å²) in [6.45, 7) is 1.36. The van der Waals surface area contributed by atoms with E-state index in [0.717, 1.165) is 0 Å². The van der Waals surface area contributed by atoms with Gasteiger partial charge in [-0.25, -0.2) is 23.1 Å². The average molecular weight is 665 g/mol. The molecule has 1 unspecified atom stereocenters. The van der Waals surface area contributed by atoms with E-state index in [0.29, 0.717) is 18.7 Å². The normalized spacial score (nSPS) is 12.5. The number of H-pyrrole nitrogens is 1. The molecule has 0 spiro atoms. The third kappa shape index (κ3) is 18.9. The van der Waals surface area contributed by atoms with Crippen molar-refractivity contribution >= 4 is 45.6 Å². The van der Waals surface area contributed by atoms with Gasteiger partial charge in [-0.15, -0.1) is 5.10 Å². The molecule has 0 saturated heterocycles. The number of carboxylic acids is 2. The fourth-order valence-electron chi connectivity index (χ4n) is 3.51. The molecular formula is C24H40N8O12S. The predicted molar refractivity (Wildman–Crippen MR) is 152 cm³/mol. The second-order valence-electron chi connectivity index (χ2n) is 9.53. The summed E-state index contributed by atoms with van der Waals surface area (Å²) in [4.78, 5) is 69.9. The minimum Gasteiger partial charge on any atom is -0.480 e. The Kier molecular flexibility index (Phi) is 18.5. The van der Waals surface area contributed by atoms with Crippen LogP contribution in [0.4, 0.5) is 0 Å². The van der Waals surface area contributed by atoms with E-state index in [-0.39, 0.29) is 64.9 Å². The maximum atomic E-state index is 12.0. The Hall–Kier alpha value is -4.24. The van der Waals surface area contributed by atoms with Crippen molar-refractivity contribution in [3.8, 4) is 0 Å². The average Bonchev–Trinajstić information content (AvgIpc) is 3.48. The van der Waals surface area contributed by atoms with Gasteiger partial charge in [-0.2, -0.15) is 0 Å². The zero-order chi connectivity index (χ0) is 33.7. The Balaban J connectivity index is 2.10. The number of carboxylic acid groups (broad SMARTS) is 2. The van der Waals surface area contributed by atoms with Gasteiger partial charge in [-0.3, -0.25) is 23.9 Å². The van der Waals surface area contributed by atoms with Crippen molar-refractivity contribution in [2.45, 2.75) is 70.4 Å². The summed E-state index contributed by atoms with van der Waals surface area (Å²) in [6.07, 6.45) is 0.185. The molecule has 4 amide bonds. The first kappa shape index (κ1) is 38.8. The second-order valence-corrected chi connectivity index (χ2v) is 11.4. The van der Waals surface area contributed by atoms with Crippen LogP contribution in [0.15, 0.2) is 0 Å². The maximum Gasteiger partial charge on any atom is 0.326 e. The lowest BCUT2D eigenvalue weighted by atomic mass is 10.1. The van der Waals surface area contributed by atoms with Gasteiger partial charge in [0.05, 0.1) is 25.6 Å². The number of tetrazole rings is 1. The van der Waals surface area contributed by atoms with Gasteiger partial charge < -0.3 is 35.6 Å². The molecule has 0 aliphatic heterocycles. The number of hydrogen-bond donors (Lipinski definition) is 7. The lowest BCUT2D eigenvalue weighted by Crippen LogP contribution is -2.44. The summed E-state index contributed by atoms with van der Waals surface area (Å²) in [5.74, 6) is -4.99. The molecule has 1 heterocycles. The molecule has 0 aliphatic rings. The van der Waals surface area contributed by atoms with Crippen molar-refractivity contribution in [2.24, 2.45) is 0 Å². The number of sulfonamides is 1. The van der Waals surface area contributed by atoms with E-state index in [4.69, 9.17) is 14.6 Å². The van der Waals surface area contributed by atoms with Gasteiger partial charge in [0.2, 0.25) is 33.7 Å².